The number of aliphatic hydroxyl groups excluding tert-OH is 1. The number of phenolic OH excluding ortho intramolecular Hbond substituents is 1. The Kier molecular flexibility index (Phi) is 4.45. The monoisotopic (exact) mass is 406 g/mol. The summed E-state index contributed by atoms with van der Waals surface area (Å²) in [4.78, 5) is 39.2. The lowest BCUT2D eigenvalue weighted by Crippen LogP contribution is -2.25. The van der Waals surface area contributed by atoms with Crippen molar-refractivity contribution >= 4 is 22.5 Å². The van der Waals surface area contributed by atoms with E-state index in [2.05, 4.69) is 6.58 Å². The summed E-state index contributed by atoms with van der Waals surface area (Å²) in [5, 5.41) is 30.6. The number of rotatable bonds is 4. The van der Waals surface area contributed by atoms with Gasteiger partial charge in [0.05, 0.1) is 23.1 Å². The molecule has 0 radical (unpaired) electrons. The summed E-state index contributed by atoms with van der Waals surface area (Å²) >= 11 is 0. The summed E-state index contributed by atoms with van der Waals surface area (Å²) in [6.07, 6.45) is 1.52. The highest BCUT2D eigenvalue weighted by atomic mass is 16.4. The van der Waals surface area contributed by atoms with Crippen molar-refractivity contribution in [1.29, 1.82) is 0 Å². The van der Waals surface area contributed by atoms with E-state index in [1.165, 1.54) is 37.3 Å². The molecular formula is C23H18O7. The molecule has 0 fully saturated rings. The van der Waals surface area contributed by atoms with Gasteiger partial charge >= 0.3 is 0 Å². The number of phenols is 1. The standard InChI is InChI=1S/C23H18O7/c1-3-7-23(2,29)16-9-15(26)17-11(10-24)8-13-19(22(17)30-16)21(28)18-12(20(13)27)5-4-6-14(18)25/h3-6,8-9,24-25,29H,1,7,10H2,2H3. The minimum absolute atomic E-state index is 0.0212. The van der Waals surface area contributed by atoms with Crippen LogP contribution in [0.2, 0.25) is 0 Å². The Hall–Kier alpha value is -3.55. The lowest BCUT2D eigenvalue weighted by Gasteiger charge is -2.23. The van der Waals surface area contributed by atoms with E-state index in [0.717, 1.165) is 6.07 Å². The molecular weight excluding hydrogens is 388 g/mol. The van der Waals surface area contributed by atoms with Crippen LogP contribution in [0.3, 0.4) is 0 Å². The van der Waals surface area contributed by atoms with Crippen LogP contribution >= 0.6 is 0 Å². The van der Waals surface area contributed by atoms with Gasteiger partial charge in [-0.15, -0.1) is 6.58 Å². The smallest absolute Gasteiger partial charge is 0.202 e. The number of ketones is 2. The third kappa shape index (κ3) is 2.71. The predicted molar refractivity (Wildman–Crippen MR) is 108 cm³/mol. The maximum absolute atomic E-state index is 13.3. The normalized spacial score (nSPS) is 14.9. The van der Waals surface area contributed by atoms with Gasteiger partial charge in [-0.3, -0.25) is 14.4 Å². The van der Waals surface area contributed by atoms with E-state index in [4.69, 9.17) is 4.42 Å². The van der Waals surface area contributed by atoms with Crippen LogP contribution in [0.1, 0.15) is 56.5 Å². The fraction of sp³-hybridized carbons (Fsp3) is 0.174. The SMILES string of the molecule is C=CCC(C)(O)c1cc(=O)c2c(CO)cc3c(c2o1)C(=O)c1c(O)cccc1C3=O. The van der Waals surface area contributed by atoms with Crippen molar-refractivity contribution in [3.05, 3.63) is 86.8 Å². The minimum Gasteiger partial charge on any atom is -0.507 e. The van der Waals surface area contributed by atoms with E-state index < -0.39 is 29.2 Å². The van der Waals surface area contributed by atoms with Crippen molar-refractivity contribution in [2.75, 3.05) is 0 Å². The van der Waals surface area contributed by atoms with Gasteiger partial charge in [0, 0.05) is 23.6 Å². The lowest BCUT2D eigenvalue weighted by molar-refractivity contribution is 0.0375. The highest BCUT2D eigenvalue weighted by Gasteiger charge is 2.36. The first kappa shape index (κ1) is 19.8. The summed E-state index contributed by atoms with van der Waals surface area (Å²) in [7, 11) is 0. The second kappa shape index (κ2) is 6.76. The molecule has 7 heteroatoms. The summed E-state index contributed by atoms with van der Waals surface area (Å²) in [6, 6.07) is 6.54. The van der Waals surface area contributed by atoms with E-state index in [1.54, 1.807) is 0 Å². The molecule has 0 spiro atoms. The van der Waals surface area contributed by atoms with Crippen molar-refractivity contribution in [3.63, 3.8) is 0 Å². The highest BCUT2D eigenvalue weighted by molar-refractivity contribution is 6.32. The van der Waals surface area contributed by atoms with Crippen molar-refractivity contribution in [3.8, 4) is 5.75 Å². The quantitative estimate of drug-likeness (QED) is 0.445. The van der Waals surface area contributed by atoms with Gasteiger partial charge in [0.25, 0.3) is 0 Å². The van der Waals surface area contributed by atoms with Crippen LogP contribution in [0.25, 0.3) is 11.0 Å². The molecule has 152 valence electrons. The van der Waals surface area contributed by atoms with E-state index in [9.17, 15) is 29.7 Å². The zero-order valence-electron chi connectivity index (χ0n) is 16.1. The van der Waals surface area contributed by atoms with E-state index >= 15 is 0 Å². The third-order valence-corrected chi connectivity index (χ3v) is 5.31. The Morgan fingerprint density at radius 1 is 1.10 bits per heavy atom. The Morgan fingerprint density at radius 2 is 1.83 bits per heavy atom. The molecule has 1 unspecified atom stereocenters. The number of fused-ring (bicyclic) bond motifs is 4. The zero-order valence-corrected chi connectivity index (χ0v) is 16.1. The molecule has 1 aromatic heterocycles. The van der Waals surface area contributed by atoms with Gasteiger partial charge in [-0.05, 0) is 24.6 Å². The summed E-state index contributed by atoms with van der Waals surface area (Å²) < 4.78 is 5.81. The fourth-order valence-corrected chi connectivity index (χ4v) is 3.83. The van der Waals surface area contributed by atoms with Gasteiger partial charge in [0.15, 0.2) is 16.8 Å². The van der Waals surface area contributed by atoms with E-state index in [-0.39, 0.29) is 56.7 Å². The van der Waals surface area contributed by atoms with Gasteiger partial charge in [0.1, 0.15) is 17.1 Å². The molecule has 0 saturated carbocycles. The Labute approximate surface area is 170 Å². The Balaban J connectivity index is 2.15. The highest BCUT2D eigenvalue weighted by Crippen LogP contribution is 2.38. The molecule has 0 amide bonds. The molecule has 3 aromatic rings. The molecule has 0 aliphatic heterocycles. The molecule has 2 aromatic carbocycles. The Bertz CT molecular complexity index is 1310. The lowest BCUT2D eigenvalue weighted by atomic mass is 9.81. The van der Waals surface area contributed by atoms with Crippen molar-refractivity contribution < 1.29 is 29.3 Å². The second-order valence-electron chi connectivity index (χ2n) is 7.42. The number of carbonyl (C=O) groups excluding carboxylic acids is 2. The van der Waals surface area contributed by atoms with Crippen LogP contribution in [0.5, 0.6) is 5.75 Å². The molecule has 7 nitrogen and oxygen atoms in total. The van der Waals surface area contributed by atoms with Crippen LogP contribution in [0, 0.1) is 0 Å². The van der Waals surface area contributed by atoms with Gasteiger partial charge in [-0.1, -0.05) is 18.2 Å². The van der Waals surface area contributed by atoms with Crippen LogP contribution < -0.4 is 5.43 Å². The summed E-state index contributed by atoms with van der Waals surface area (Å²) in [6.45, 7) is 4.43. The third-order valence-electron chi connectivity index (χ3n) is 5.31. The van der Waals surface area contributed by atoms with Crippen LogP contribution in [-0.2, 0) is 12.2 Å². The minimum atomic E-state index is -1.58. The van der Waals surface area contributed by atoms with Crippen molar-refractivity contribution in [2.45, 2.75) is 25.6 Å². The molecule has 1 aliphatic carbocycles. The molecule has 4 rings (SSSR count). The largest absolute Gasteiger partial charge is 0.507 e. The molecule has 3 N–H and O–H groups in total. The molecule has 1 heterocycles. The van der Waals surface area contributed by atoms with E-state index in [0.29, 0.717) is 0 Å². The number of hydrogen-bond donors (Lipinski definition) is 3. The molecule has 30 heavy (non-hydrogen) atoms. The number of aromatic hydroxyl groups is 1. The number of aliphatic hydroxyl groups is 2. The second-order valence-corrected chi connectivity index (χ2v) is 7.42. The van der Waals surface area contributed by atoms with Gasteiger partial charge < -0.3 is 19.7 Å². The maximum Gasteiger partial charge on any atom is 0.202 e. The Morgan fingerprint density at radius 3 is 2.50 bits per heavy atom. The molecule has 1 atom stereocenters. The average molecular weight is 406 g/mol. The number of carbonyl (C=O) groups is 2. The molecule has 0 bridgehead atoms. The van der Waals surface area contributed by atoms with Crippen molar-refractivity contribution in [2.24, 2.45) is 0 Å². The van der Waals surface area contributed by atoms with Gasteiger partial charge in [-0.2, -0.15) is 0 Å². The first-order chi connectivity index (χ1) is 14.2. The van der Waals surface area contributed by atoms with Crippen LogP contribution in [0.15, 0.2) is 52.2 Å². The fourth-order valence-electron chi connectivity index (χ4n) is 3.83. The first-order valence-electron chi connectivity index (χ1n) is 9.21. The first-order valence-corrected chi connectivity index (χ1v) is 9.21. The summed E-state index contributed by atoms with van der Waals surface area (Å²) in [5.41, 5.74) is -2.64. The zero-order chi connectivity index (χ0) is 21.8. The predicted octanol–water partition coefficient (Wildman–Crippen LogP) is 2.55. The van der Waals surface area contributed by atoms with Crippen LogP contribution in [-0.4, -0.2) is 26.9 Å². The number of hydrogen-bond acceptors (Lipinski definition) is 7. The summed E-state index contributed by atoms with van der Waals surface area (Å²) in [5.74, 6) is -1.71. The van der Waals surface area contributed by atoms with Crippen LogP contribution in [0.4, 0.5) is 0 Å². The maximum atomic E-state index is 13.3. The molecule has 1 aliphatic rings. The van der Waals surface area contributed by atoms with Gasteiger partial charge in [0.2, 0.25) is 5.78 Å². The van der Waals surface area contributed by atoms with Gasteiger partial charge in [-0.25, -0.2) is 0 Å². The van der Waals surface area contributed by atoms with Crippen molar-refractivity contribution in [1.82, 2.24) is 0 Å². The topological polar surface area (TPSA) is 125 Å². The molecule has 0 saturated heterocycles. The number of benzene rings is 2. The van der Waals surface area contributed by atoms with E-state index in [1.807, 2.05) is 0 Å². The average Bonchev–Trinajstić information content (AvgIpc) is 2.70.